The lowest BCUT2D eigenvalue weighted by Gasteiger charge is -2.25. The average Bonchev–Trinajstić information content (AvgIpc) is 3.23. The molecule has 2 rings (SSSR count). The molecule has 0 radical (unpaired) electrons. The molecule has 2 N–H and O–H groups in total. The number of hydrogen-bond donors (Lipinski definition) is 2. The number of carbonyl (C=O) groups excluding carboxylic acids is 1. The lowest BCUT2D eigenvalue weighted by atomic mass is 10.2. The minimum atomic E-state index is -3.25. The predicted molar refractivity (Wildman–Crippen MR) is 76.7 cm³/mol. The van der Waals surface area contributed by atoms with E-state index in [1.165, 1.54) is 0 Å². The Balaban J connectivity index is 1.90. The van der Waals surface area contributed by atoms with Gasteiger partial charge in [-0.15, -0.1) is 0 Å². The molecule has 1 unspecified atom stereocenters. The first-order valence-corrected chi connectivity index (χ1v) is 9.30. The molecule has 2 saturated carbocycles. The fourth-order valence-corrected chi connectivity index (χ4v) is 2.85. The number of amides is 2. The van der Waals surface area contributed by atoms with Gasteiger partial charge in [0.15, 0.2) is 0 Å². The first-order valence-electron chi connectivity index (χ1n) is 7.24. The Bertz CT molecular complexity index is 511. The van der Waals surface area contributed by atoms with E-state index in [0.29, 0.717) is 12.5 Å². The van der Waals surface area contributed by atoms with Crippen LogP contribution in [0, 0.1) is 5.92 Å². The first-order chi connectivity index (χ1) is 9.76. The van der Waals surface area contributed by atoms with Crippen LogP contribution in [0.5, 0.6) is 0 Å². The van der Waals surface area contributed by atoms with Crippen molar-refractivity contribution in [3.63, 3.8) is 0 Å². The summed E-state index contributed by atoms with van der Waals surface area (Å²) in [4.78, 5) is 25.1. The zero-order valence-corrected chi connectivity index (χ0v) is 12.9. The van der Waals surface area contributed by atoms with Gasteiger partial charge in [0.05, 0.1) is 5.75 Å². The maximum absolute atomic E-state index is 12.2. The molecule has 0 bridgehead atoms. The third-order valence-electron chi connectivity index (χ3n) is 3.77. The van der Waals surface area contributed by atoms with Gasteiger partial charge in [-0.3, -0.25) is 0 Å². The highest BCUT2D eigenvalue weighted by molar-refractivity contribution is 7.90. The van der Waals surface area contributed by atoms with E-state index < -0.39 is 21.8 Å². The number of nitrogens with zero attached hydrogens (tertiary/aromatic N) is 1. The monoisotopic (exact) mass is 318 g/mol. The molecule has 0 heterocycles. The van der Waals surface area contributed by atoms with Crippen LogP contribution in [0.4, 0.5) is 4.79 Å². The molecule has 21 heavy (non-hydrogen) atoms. The third-order valence-corrected chi connectivity index (χ3v) is 4.75. The van der Waals surface area contributed by atoms with E-state index in [0.717, 1.165) is 31.9 Å². The second kappa shape index (κ2) is 6.21. The second-order valence-corrected chi connectivity index (χ2v) is 8.35. The van der Waals surface area contributed by atoms with Crippen molar-refractivity contribution in [2.24, 2.45) is 5.92 Å². The molecule has 0 saturated heterocycles. The summed E-state index contributed by atoms with van der Waals surface area (Å²) in [5.74, 6) is -0.916. The topological polar surface area (TPSA) is 104 Å². The number of carboxylic acid groups (broad SMARTS) is 1. The minimum Gasteiger partial charge on any atom is -0.480 e. The van der Waals surface area contributed by atoms with Crippen LogP contribution < -0.4 is 5.32 Å². The summed E-state index contributed by atoms with van der Waals surface area (Å²) in [6.45, 7) is 0.676. The Morgan fingerprint density at radius 3 is 2.33 bits per heavy atom. The molecule has 0 aliphatic heterocycles. The Labute approximate surface area is 124 Å². The Morgan fingerprint density at radius 2 is 1.90 bits per heavy atom. The van der Waals surface area contributed by atoms with Gasteiger partial charge in [-0.25, -0.2) is 18.0 Å². The maximum atomic E-state index is 12.2. The van der Waals surface area contributed by atoms with Gasteiger partial charge in [-0.1, -0.05) is 0 Å². The summed E-state index contributed by atoms with van der Waals surface area (Å²) >= 11 is 0. The van der Waals surface area contributed by atoms with E-state index >= 15 is 0 Å². The van der Waals surface area contributed by atoms with Gasteiger partial charge < -0.3 is 15.3 Å². The predicted octanol–water partition coefficient (Wildman–Crippen LogP) is 0.458. The van der Waals surface area contributed by atoms with Crippen molar-refractivity contribution < 1.29 is 23.1 Å². The van der Waals surface area contributed by atoms with Crippen molar-refractivity contribution >= 4 is 21.8 Å². The van der Waals surface area contributed by atoms with Crippen LogP contribution >= 0.6 is 0 Å². The average molecular weight is 318 g/mol. The first kappa shape index (κ1) is 16.1. The number of nitrogens with one attached hydrogen (secondary N) is 1. The standard InChI is InChI=1S/C13H22N2O5S/c1-21(19,20)7-6-11(12(16)17)14-13(18)15(10-4-5-10)8-9-2-3-9/h9-11H,2-8H2,1H3,(H,14,18)(H,16,17). The Hall–Kier alpha value is -1.31. The number of urea groups is 1. The quantitative estimate of drug-likeness (QED) is 0.676. The molecule has 2 aliphatic carbocycles. The molecule has 0 aromatic heterocycles. The number of carbonyl (C=O) groups is 2. The summed E-state index contributed by atoms with van der Waals surface area (Å²) in [5.41, 5.74) is 0. The van der Waals surface area contributed by atoms with E-state index in [1.54, 1.807) is 4.90 Å². The van der Waals surface area contributed by atoms with E-state index in [4.69, 9.17) is 5.11 Å². The van der Waals surface area contributed by atoms with Crippen molar-refractivity contribution in [2.45, 2.75) is 44.2 Å². The van der Waals surface area contributed by atoms with Gasteiger partial charge in [0, 0.05) is 18.8 Å². The fourth-order valence-electron chi connectivity index (χ4n) is 2.18. The summed E-state index contributed by atoms with van der Waals surface area (Å²) in [7, 11) is -3.25. The molecular formula is C13H22N2O5S. The molecule has 7 nitrogen and oxygen atoms in total. The summed E-state index contributed by atoms with van der Waals surface area (Å²) in [6.07, 6.45) is 5.10. The molecule has 2 aliphatic rings. The van der Waals surface area contributed by atoms with Gasteiger partial charge in [0.25, 0.3) is 0 Å². The zero-order valence-electron chi connectivity index (χ0n) is 12.1. The number of hydrogen-bond acceptors (Lipinski definition) is 4. The van der Waals surface area contributed by atoms with Gasteiger partial charge in [0.2, 0.25) is 0 Å². The van der Waals surface area contributed by atoms with Gasteiger partial charge in [-0.2, -0.15) is 0 Å². The molecule has 0 spiro atoms. The van der Waals surface area contributed by atoms with Crippen molar-refractivity contribution in [3.8, 4) is 0 Å². The smallest absolute Gasteiger partial charge is 0.326 e. The van der Waals surface area contributed by atoms with E-state index in [9.17, 15) is 18.0 Å². The van der Waals surface area contributed by atoms with Crippen molar-refractivity contribution in [1.29, 1.82) is 0 Å². The van der Waals surface area contributed by atoms with Crippen LogP contribution in [-0.4, -0.2) is 61.1 Å². The number of rotatable bonds is 8. The second-order valence-electron chi connectivity index (χ2n) is 6.09. The van der Waals surface area contributed by atoms with Crippen LogP contribution in [0.2, 0.25) is 0 Å². The number of carboxylic acids is 1. The highest BCUT2D eigenvalue weighted by Gasteiger charge is 2.37. The number of aliphatic carboxylic acids is 1. The van der Waals surface area contributed by atoms with Crippen LogP contribution in [0.3, 0.4) is 0 Å². The van der Waals surface area contributed by atoms with E-state index in [-0.39, 0.29) is 24.2 Å². The lowest BCUT2D eigenvalue weighted by molar-refractivity contribution is -0.139. The van der Waals surface area contributed by atoms with Crippen molar-refractivity contribution in [3.05, 3.63) is 0 Å². The highest BCUT2D eigenvalue weighted by atomic mass is 32.2. The van der Waals surface area contributed by atoms with Crippen molar-refractivity contribution in [1.82, 2.24) is 10.2 Å². The molecule has 2 amide bonds. The largest absolute Gasteiger partial charge is 0.480 e. The van der Waals surface area contributed by atoms with Crippen molar-refractivity contribution in [2.75, 3.05) is 18.6 Å². The van der Waals surface area contributed by atoms with Gasteiger partial charge in [-0.05, 0) is 38.0 Å². The lowest BCUT2D eigenvalue weighted by Crippen LogP contribution is -2.49. The fraction of sp³-hybridized carbons (Fsp3) is 0.846. The van der Waals surface area contributed by atoms with Crippen LogP contribution in [-0.2, 0) is 14.6 Å². The Kier molecular flexibility index (Phi) is 4.75. The minimum absolute atomic E-state index is 0.109. The molecule has 120 valence electrons. The Morgan fingerprint density at radius 1 is 1.29 bits per heavy atom. The number of sulfone groups is 1. The van der Waals surface area contributed by atoms with Crippen LogP contribution in [0.25, 0.3) is 0 Å². The summed E-state index contributed by atoms with van der Waals surface area (Å²) < 4.78 is 22.3. The zero-order chi connectivity index (χ0) is 15.6. The highest BCUT2D eigenvalue weighted by Crippen LogP contribution is 2.34. The van der Waals surface area contributed by atoms with Crippen LogP contribution in [0.15, 0.2) is 0 Å². The third kappa shape index (κ3) is 5.53. The van der Waals surface area contributed by atoms with Crippen LogP contribution in [0.1, 0.15) is 32.1 Å². The molecule has 0 aromatic rings. The SMILES string of the molecule is CS(=O)(=O)CCC(NC(=O)N(CC1CC1)C1CC1)C(=O)O. The van der Waals surface area contributed by atoms with E-state index in [1.807, 2.05) is 0 Å². The summed E-state index contributed by atoms with van der Waals surface area (Å²) in [6, 6.07) is -1.33. The molecule has 8 heteroatoms. The van der Waals surface area contributed by atoms with Gasteiger partial charge in [0.1, 0.15) is 15.9 Å². The summed E-state index contributed by atoms with van der Waals surface area (Å²) in [5, 5.41) is 11.6. The maximum Gasteiger partial charge on any atom is 0.326 e. The molecule has 1 atom stereocenters. The van der Waals surface area contributed by atoms with Gasteiger partial charge >= 0.3 is 12.0 Å². The molecule has 2 fully saturated rings. The normalized spacial score (nSPS) is 19.9. The van der Waals surface area contributed by atoms with E-state index in [2.05, 4.69) is 5.32 Å². The molecule has 0 aromatic carbocycles. The molecular weight excluding hydrogens is 296 g/mol.